The van der Waals surface area contributed by atoms with E-state index in [-0.39, 0.29) is 20.3 Å². The summed E-state index contributed by atoms with van der Waals surface area (Å²) in [7, 11) is -0.207. The molecule has 188 valence electrons. The number of rotatable bonds is 9. The van der Waals surface area contributed by atoms with Crippen molar-refractivity contribution in [2.45, 2.75) is 32.6 Å². The van der Waals surface area contributed by atoms with Crippen molar-refractivity contribution in [2.24, 2.45) is 5.10 Å². The third-order valence-electron chi connectivity index (χ3n) is 6.20. The van der Waals surface area contributed by atoms with Crippen LogP contribution in [0.4, 0.5) is 11.4 Å². The van der Waals surface area contributed by atoms with Crippen molar-refractivity contribution in [3.05, 3.63) is 58.6 Å². The second-order valence-electron chi connectivity index (χ2n) is 8.50. The van der Waals surface area contributed by atoms with E-state index in [9.17, 15) is 13.2 Å². The molecule has 1 heterocycles. The summed E-state index contributed by atoms with van der Waals surface area (Å²) >= 11 is 6.38. The third-order valence-corrected chi connectivity index (χ3v) is 7.87. The molecule has 0 spiro atoms. The topological polar surface area (TPSA) is 79.3 Å². The number of hydrazone groups is 1. The summed E-state index contributed by atoms with van der Waals surface area (Å²) < 4.78 is 31.8. The molecule has 0 bridgehead atoms. The minimum atomic E-state index is -4.12. The highest BCUT2D eigenvalue weighted by molar-refractivity contribution is 7.86. The maximum Gasteiger partial charge on any atom is 0.342 e. The zero-order chi connectivity index (χ0) is 26.0. The van der Waals surface area contributed by atoms with Gasteiger partial charge in [-0.2, -0.15) is 23.2 Å². The molecular weight excluding hydrogens is 488 g/mol. The van der Waals surface area contributed by atoms with E-state index in [0.717, 1.165) is 16.3 Å². The molecule has 2 aromatic rings. The molecule has 1 aliphatic rings. The Hall–Kier alpha value is -2.72. The minimum absolute atomic E-state index is 0.0420. The fraction of sp³-hybridized carbons (Fsp3) is 0.360. The van der Waals surface area contributed by atoms with Crippen molar-refractivity contribution in [3.63, 3.8) is 0 Å². The zero-order valence-corrected chi connectivity index (χ0v) is 22.5. The number of halogens is 1. The van der Waals surface area contributed by atoms with Gasteiger partial charge in [0.05, 0.1) is 22.0 Å². The molecule has 1 amide bonds. The van der Waals surface area contributed by atoms with Gasteiger partial charge in [-0.1, -0.05) is 28.0 Å². The Balaban J connectivity index is 1.95. The normalized spacial score (nSPS) is 15.6. The average molecular weight is 520 g/mol. The molecule has 3 rings (SSSR count). The number of nitrogens with zero attached hydrogens (tertiary/aromatic N) is 4. The minimum Gasteiger partial charge on any atom is -0.378 e. The number of hydroxylamine groups is 3. The van der Waals surface area contributed by atoms with Gasteiger partial charge >= 0.3 is 10.1 Å². The van der Waals surface area contributed by atoms with Crippen LogP contribution in [-0.2, 0) is 19.2 Å². The van der Waals surface area contributed by atoms with Gasteiger partial charge in [-0.3, -0.25) is 4.79 Å². The molecule has 0 aromatic heterocycles. The summed E-state index contributed by atoms with van der Waals surface area (Å²) in [5.74, 6) is -0.391. The Morgan fingerprint density at radius 3 is 2.20 bits per heavy atom. The molecule has 10 heteroatoms. The van der Waals surface area contributed by atoms with Gasteiger partial charge in [0.15, 0.2) is 0 Å². The van der Waals surface area contributed by atoms with Crippen LogP contribution >= 0.6 is 11.6 Å². The van der Waals surface area contributed by atoms with Gasteiger partial charge in [0.1, 0.15) is 24.5 Å². The number of quaternary nitrogens is 1. The second kappa shape index (κ2) is 10.5. The lowest BCUT2D eigenvalue weighted by molar-refractivity contribution is -1.08. The largest absolute Gasteiger partial charge is 0.378 e. The third kappa shape index (κ3) is 5.59. The number of hydrogen-bond donors (Lipinski definition) is 0. The standard InChI is InChI=1S/C25H32ClN4O4S/c1-7-30(8-2,9-3)34-35(32,33)21-14-15-23(26)24(17-21)29-25(31)22(18(4)27-29)16-19-10-12-20(13-11-19)28(5)6/h10-17H,7-9H2,1-6H3/q+1. The van der Waals surface area contributed by atoms with Crippen LogP contribution in [0.5, 0.6) is 0 Å². The predicted octanol–water partition coefficient (Wildman–Crippen LogP) is 4.71. The van der Waals surface area contributed by atoms with Crippen LogP contribution in [0.25, 0.3) is 6.08 Å². The van der Waals surface area contributed by atoms with Crippen molar-refractivity contribution in [1.29, 1.82) is 0 Å². The highest BCUT2D eigenvalue weighted by Crippen LogP contribution is 2.34. The van der Waals surface area contributed by atoms with Crippen molar-refractivity contribution in [2.75, 3.05) is 43.6 Å². The number of carbonyl (C=O) groups excluding carboxylic acids is 1. The van der Waals surface area contributed by atoms with Crippen molar-refractivity contribution < 1.29 is 22.1 Å². The molecule has 0 aliphatic carbocycles. The first-order valence-electron chi connectivity index (χ1n) is 11.5. The summed E-state index contributed by atoms with van der Waals surface area (Å²) in [6.45, 7) is 8.82. The van der Waals surface area contributed by atoms with Gasteiger partial charge < -0.3 is 4.90 Å². The van der Waals surface area contributed by atoms with Crippen LogP contribution in [0, 0.1) is 0 Å². The number of carbonyl (C=O) groups is 1. The molecule has 0 saturated heterocycles. The fourth-order valence-electron chi connectivity index (χ4n) is 3.77. The summed E-state index contributed by atoms with van der Waals surface area (Å²) in [5, 5.41) is 5.71. The van der Waals surface area contributed by atoms with E-state index >= 15 is 0 Å². The van der Waals surface area contributed by atoms with Crippen LogP contribution < -0.4 is 9.91 Å². The fourth-order valence-corrected chi connectivity index (χ4v) is 5.28. The second-order valence-corrected chi connectivity index (χ2v) is 10.4. The summed E-state index contributed by atoms with van der Waals surface area (Å²) in [4.78, 5) is 15.2. The van der Waals surface area contributed by atoms with Crippen molar-refractivity contribution in [1.82, 2.24) is 0 Å². The first-order valence-corrected chi connectivity index (χ1v) is 13.3. The van der Waals surface area contributed by atoms with Gasteiger partial charge in [0.2, 0.25) is 0 Å². The number of amides is 1. The molecule has 2 aromatic carbocycles. The van der Waals surface area contributed by atoms with E-state index in [4.69, 9.17) is 15.9 Å². The maximum atomic E-state index is 13.3. The van der Waals surface area contributed by atoms with E-state index in [2.05, 4.69) is 5.10 Å². The van der Waals surface area contributed by atoms with E-state index < -0.39 is 16.0 Å². The van der Waals surface area contributed by atoms with Crippen LogP contribution in [0.3, 0.4) is 0 Å². The van der Waals surface area contributed by atoms with Gasteiger partial charge in [-0.15, -0.1) is 0 Å². The highest BCUT2D eigenvalue weighted by atomic mass is 35.5. The van der Waals surface area contributed by atoms with Crippen LogP contribution in [0.15, 0.2) is 58.0 Å². The van der Waals surface area contributed by atoms with Crippen LogP contribution in [0.1, 0.15) is 33.3 Å². The number of benzene rings is 2. The van der Waals surface area contributed by atoms with Crippen molar-refractivity contribution >= 4 is 50.8 Å². The molecular formula is C25H32ClN4O4S+. The lowest BCUT2D eigenvalue weighted by Crippen LogP contribution is -2.48. The lowest BCUT2D eigenvalue weighted by atomic mass is 10.1. The van der Waals surface area contributed by atoms with E-state index in [1.54, 1.807) is 13.0 Å². The number of anilines is 2. The Morgan fingerprint density at radius 1 is 1.06 bits per heavy atom. The molecule has 0 N–H and O–H groups in total. The van der Waals surface area contributed by atoms with Crippen LogP contribution in [-0.4, -0.2) is 58.4 Å². The Labute approximate surface area is 212 Å². The molecule has 0 unspecified atom stereocenters. The average Bonchev–Trinajstić information content (AvgIpc) is 3.11. The van der Waals surface area contributed by atoms with Gasteiger partial charge in [-0.25, -0.2) is 0 Å². The Morgan fingerprint density at radius 2 is 1.66 bits per heavy atom. The van der Waals surface area contributed by atoms with E-state index in [1.807, 2.05) is 64.0 Å². The molecule has 0 saturated carbocycles. The highest BCUT2D eigenvalue weighted by Gasteiger charge is 2.35. The first kappa shape index (κ1) is 26.9. The molecule has 0 fully saturated rings. The monoisotopic (exact) mass is 519 g/mol. The van der Waals surface area contributed by atoms with E-state index in [1.165, 1.54) is 18.2 Å². The molecule has 0 radical (unpaired) electrons. The summed E-state index contributed by atoms with van der Waals surface area (Å²) in [6.07, 6.45) is 1.76. The van der Waals surface area contributed by atoms with Gasteiger partial charge in [0.25, 0.3) is 5.91 Å². The molecule has 35 heavy (non-hydrogen) atoms. The maximum absolute atomic E-state index is 13.3. The van der Waals surface area contributed by atoms with Crippen LogP contribution in [0.2, 0.25) is 5.02 Å². The molecule has 8 nitrogen and oxygen atoms in total. The zero-order valence-electron chi connectivity index (χ0n) is 20.9. The van der Waals surface area contributed by atoms with Gasteiger partial charge in [0, 0.05) is 19.8 Å². The Bertz CT molecular complexity index is 1260. The number of hydrogen-bond acceptors (Lipinski definition) is 6. The quantitative estimate of drug-likeness (QED) is 0.272. The van der Waals surface area contributed by atoms with Crippen molar-refractivity contribution in [3.8, 4) is 0 Å². The SMILES string of the molecule is CC[N+](CC)(CC)OS(=O)(=O)c1ccc(Cl)c(N2N=C(C)C(=Cc3ccc(N(C)C)cc3)C2=O)c1. The first-order chi connectivity index (χ1) is 16.5. The smallest absolute Gasteiger partial charge is 0.342 e. The summed E-state index contributed by atoms with van der Waals surface area (Å²) in [6, 6.07) is 11.9. The Kier molecular flexibility index (Phi) is 8.06. The molecule has 0 atom stereocenters. The summed E-state index contributed by atoms with van der Waals surface area (Å²) in [5.41, 5.74) is 2.97. The lowest BCUT2D eigenvalue weighted by Gasteiger charge is -2.30. The van der Waals surface area contributed by atoms with Gasteiger partial charge in [-0.05, 0) is 69.7 Å². The predicted molar refractivity (Wildman–Crippen MR) is 141 cm³/mol. The molecule has 1 aliphatic heterocycles. The van der Waals surface area contributed by atoms with E-state index in [0.29, 0.717) is 30.9 Å².